The molecule has 3 atom stereocenters. The van der Waals surface area contributed by atoms with Crippen LogP contribution in [-0.2, 0) is 20.8 Å². The molecule has 0 saturated carbocycles. The van der Waals surface area contributed by atoms with E-state index in [0.29, 0.717) is 24.7 Å². The van der Waals surface area contributed by atoms with Crippen LogP contribution >= 0.6 is 0 Å². The summed E-state index contributed by atoms with van der Waals surface area (Å²) < 4.78 is 72.2. The van der Waals surface area contributed by atoms with Gasteiger partial charge in [0, 0.05) is 30.4 Å². The second-order valence-electron chi connectivity index (χ2n) is 10.7. The van der Waals surface area contributed by atoms with Crippen LogP contribution in [0.4, 0.5) is 13.2 Å². The molecule has 41 heavy (non-hydrogen) atoms. The van der Waals surface area contributed by atoms with E-state index >= 15 is 0 Å². The second kappa shape index (κ2) is 12.2. The number of fused-ring (bicyclic) bond motifs is 1. The van der Waals surface area contributed by atoms with E-state index in [9.17, 15) is 26.4 Å². The highest BCUT2D eigenvalue weighted by Crippen LogP contribution is 2.36. The summed E-state index contributed by atoms with van der Waals surface area (Å²) in [6, 6.07) is 18.5. The summed E-state index contributed by atoms with van der Waals surface area (Å²) in [5, 5.41) is 6.58. The third-order valence-electron chi connectivity index (χ3n) is 7.77. The van der Waals surface area contributed by atoms with Crippen molar-refractivity contribution in [3.05, 3.63) is 95.1 Å². The van der Waals surface area contributed by atoms with Gasteiger partial charge in [0.1, 0.15) is 5.75 Å². The van der Waals surface area contributed by atoms with Crippen molar-refractivity contribution in [3.8, 4) is 5.75 Å². The predicted molar refractivity (Wildman–Crippen MR) is 149 cm³/mol. The molecule has 3 aromatic carbocycles. The summed E-state index contributed by atoms with van der Waals surface area (Å²) in [5.74, 6) is -0.865. The molecule has 218 valence electrons. The maximum Gasteiger partial charge on any atom is 0.416 e. The van der Waals surface area contributed by atoms with Crippen LogP contribution in [0.1, 0.15) is 72.4 Å². The van der Waals surface area contributed by atoms with Crippen LogP contribution in [0.2, 0.25) is 0 Å². The van der Waals surface area contributed by atoms with Crippen LogP contribution in [-0.4, -0.2) is 33.2 Å². The van der Waals surface area contributed by atoms with Gasteiger partial charge in [-0.1, -0.05) is 55.0 Å². The van der Waals surface area contributed by atoms with Gasteiger partial charge >= 0.3 is 6.18 Å². The minimum absolute atomic E-state index is 0.140. The van der Waals surface area contributed by atoms with E-state index in [1.54, 1.807) is 30.3 Å². The number of alkyl halides is 3. The standard InChI is InChI=1S/C31H33F3N2O4S/c32-31(33,34)24-9-6-10-25(19-24)41(38,39)20-23(21-7-2-1-3-8-21)18-30(37)36-28-14-16-40-29-17-22(12-13-26(28)29)27-11-4-5-15-35-27/h1-3,6-10,12-13,17,19,23,27-28,35H,4-5,11,14-16,18,20H2,(H,36,37)/t23-,27?,28?/m0/s1. The number of carbonyl (C=O) groups excluding carboxylic acids is 1. The Morgan fingerprint density at radius 3 is 2.54 bits per heavy atom. The SMILES string of the molecule is O=C(C[C@@H](CS(=O)(=O)c1cccc(C(F)(F)F)c1)c1ccccc1)NC1CCOc2cc(C3CCCCN3)ccc21. The minimum Gasteiger partial charge on any atom is -0.493 e. The first kappa shape index (κ1) is 29.1. The largest absolute Gasteiger partial charge is 0.493 e. The molecular weight excluding hydrogens is 553 g/mol. The highest BCUT2D eigenvalue weighted by molar-refractivity contribution is 7.91. The van der Waals surface area contributed by atoms with E-state index in [2.05, 4.69) is 16.7 Å². The summed E-state index contributed by atoms with van der Waals surface area (Å²) in [5.41, 5.74) is 1.61. The summed E-state index contributed by atoms with van der Waals surface area (Å²) in [7, 11) is -4.14. The Morgan fingerprint density at radius 2 is 1.80 bits per heavy atom. The first-order valence-corrected chi connectivity index (χ1v) is 15.5. The zero-order chi connectivity index (χ0) is 29.0. The van der Waals surface area contributed by atoms with Gasteiger partial charge in [0.15, 0.2) is 9.84 Å². The van der Waals surface area contributed by atoms with E-state index < -0.39 is 38.1 Å². The molecule has 5 rings (SSSR count). The molecule has 3 aromatic rings. The Labute approximate surface area is 238 Å². The lowest BCUT2D eigenvalue weighted by atomic mass is 9.92. The predicted octanol–water partition coefficient (Wildman–Crippen LogP) is 6.11. The molecule has 0 aliphatic carbocycles. The van der Waals surface area contributed by atoms with Gasteiger partial charge < -0.3 is 15.4 Å². The number of carbonyl (C=O) groups is 1. The van der Waals surface area contributed by atoms with Gasteiger partial charge in [0.2, 0.25) is 5.91 Å². The molecule has 1 amide bonds. The van der Waals surface area contributed by atoms with E-state index in [4.69, 9.17) is 4.74 Å². The molecule has 2 aliphatic heterocycles. The van der Waals surface area contributed by atoms with Gasteiger partial charge in [0.05, 0.1) is 28.9 Å². The number of benzene rings is 3. The van der Waals surface area contributed by atoms with Gasteiger partial charge in [-0.05, 0) is 54.8 Å². The Morgan fingerprint density at radius 1 is 1.00 bits per heavy atom. The van der Waals surface area contributed by atoms with Crippen molar-refractivity contribution in [2.24, 2.45) is 0 Å². The van der Waals surface area contributed by atoms with Gasteiger partial charge in [-0.25, -0.2) is 8.42 Å². The molecule has 2 unspecified atom stereocenters. The van der Waals surface area contributed by atoms with E-state index in [-0.39, 0.29) is 24.4 Å². The van der Waals surface area contributed by atoms with Gasteiger partial charge in [-0.2, -0.15) is 13.2 Å². The first-order valence-electron chi connectivity index (χ1n) is 13.8. The number of rotatable bonds is 8. The molecule has 2 heterocycles. The molecule has 10 heteroatoms. The fourth-order valence-electron chi connectivity index (χ4n) is 5.61. The fourth-order valence-corrected chi connectivity index (χ4v) is 7.24. The quantitative estimate of drug-likeness (QED) is 0.333. The van der Waals surface area contributed by atoms with Crippen molar-refractivity contribution in [1.29, 1.82) is 0 Å². The maximum atomic E-state index is 13.3. The van der Waals surface area contributed by atoms with Gasteiger partial charge in [-0.3, -0.25) is 4.79 Å². The monoisotopic (exact) mass is 586 g/mol. The number of nitrogens with one attached hydrogen (secondary N) is 2. The van der Waals surface area contributed by atoms with Crippen LogP contribution in [0.15, 0.2) is 77.7 Å². The van der Waals surface area contributed by atoms with Crippen molar-refractivity contribution in [2.75, 3.05) is 18.9 Å². The van der Waals surface area contributed by atoms with Crippen LogP contribution < -0.4 is 15.4 Å². The number of piperidine rings is 1. The van der Waals surface area contributed by atoms with Gasteiger partial charge in [0.25, 0.3) is 0 Å². The molecule has 2 N–H and O–H groups in total. The highest BCUT2D eigenvalue weighted by Gasteiger charge is 2.33. The van der Waals surface area contributed by atoms with Crippen LogP contribution in [0, 0.1) is 0 Å². The second-order valence-corrected chi connectivity index (χ2v) is 12.7. The Bertz CT molecular complexity index is 1470. The number of sulfone groups is 1. The normalized spacial score (nSPS) is 20.0. The summed E-state index contributed by atoms with van der Waals surface area (Å²) in [6.07, 6.45) is -0.851. The Balaban J connectivity index is 1.33. The van der Waals surface area contributed by atoms with Gasteiger partial charge in [-0.15, -0.1) is 0 Å². The lowest BCUT2D eigenvalue weighted by Gasteiger charge is -2.30. The smallest absolute Gasteiger partial charge is 0.416 e. The van der Waals surface area contributed by atoms with Crippen molar-refractivity contribution in [1.82, 2.24) is 10.6 Å². The topological polar surface area (TPSA) is 84.5 Å². The number of amides is 1. The Hall–Kier alpha value is -3.37. The Kier molecular flexibility index (Phi) is 8.70. The fraction of sp³-hybridized carbons (Fsp3) is 0.387. The van der Waals surface area contributed by atoms with E-state index in [1.165, 1.54) is 6.42 Å². The molecular formula is C31H33F3N2O4S. The molecule has 1 saturated heterocycles. The summed E-state index contributed by atoms with van der Waals surface area (Å²) >= 11 is 0. The third-order valence-corrected chi connectivity index (χ3v) is 9.58. The van der Waals surface area contributed by atoms with Crippen LogP contribution in [0.5, 0.6) is 5.75 Å². The number of ether oxygens (including phenoxy) is 1. The molecule has 2 aliphatic rings. The average Bonchev–Trinajstić information content (AvgIpc) is 2.97. The summed E-state index contributed by atoms with van der Waals surface area (Å²) in [6.45, 7) is 1.42. The van der Waals surface area contributed by atoms with Crippen molar-refractivity contribution >= 4 is 15.7 Å². The number of hydrogen-bond donors (Lipinski definition) is 2. The van der Waals surface area contributed by atoms with Crippen molar-refractivity contribution in [3.63, 3.8) is 0 Å². The lowest BCUT2D eigenvalue weighted by Crippen LogP contribution is -2.34. The molecule has 6 nitrogen and oxygen atoms in total. The zero-order valence-electron chi connectivity index (χ0n) is 22.5. The minimum atomic E-state index is -4.67. The van der Waals surface area contributed by atoms with Crippen LogP contribution in [0.25, 0.3) is 0 Å². The zero-order valence-corrected chi connectivity index (χ0v) is 23.3. The molecule has 0 spiro atoms. The third kappa shape index (κ3) is 7.11. The lowest BCUT2D eigenvalue weighted by molar-refractivity contribution is -0.137. The maximum absolute atomic E-state index is 13.3. The summed E-state index contributed by atoms with van der Waals surface area (Å²) in [4.78, 5) is 12.9. The average molecular weight is 587 g/mol. The molecule has 1 fully saturated rings. The molecule has 0 bridgehead atoms. The van der Waals surface area contributed by atoms with E-state index in [1.807, 2.05) is 12.1 Å². The highest BCUT2D eigenvalue weighted by atomic mass is 32.2. The first-order chi connectivity index (χ1) is 19.6. The van der Waals surface area contributed by atoms with Crippen molar-refractivity contribution in [2.45, 2.75) is 61.2 Å². The van der Waals surface area contributed by atoms with E-state index in [0.717, 1.165) is 54.5 Å². The van der Waals surface area contributed by atoms with Crippen molar-refractivity contribution < 1.29 is 31.1 Å². The molecule has 0 aromatic heterocycles. The van der Waals surface area contributed by atoms with Crippen LogP contribution in [0.3, 0.4) is 0 Å². The molecule has 0 radical (unpaired) electrons. The number of halogens is 3. The number of hydrogen-bond acceptors (Lipinski definition) is 5.